The first-order valence-electron chi connectivity index (χ1n) is 10.7. The maximum Gasteiger partial charge on any atom is 0.410 e. The topological polar surface area (TPSA) is 53.1 Å². The Labute approximate surface area is 191 Å². The van der Waals surface area contributed by atoms with E-state index in [1.54, 1.807) is 16.2 Å². The summed E-state index contributed by atoms with van der Waals surface area (Å²) in [6, 6.07) is 20.2. The molecule has 3 aromatic rings. The lowest BCUT2D eigenvalue weighted by Crippen LogP contribution is -2.51. The largest absolute Gasteiger partial charge is 0.444 e. The predicted octanol–water partition coefficient (Wildman–Crippen LogP) is 4.43. The van der Waals surface area contributed by atoms with Gasteiger partial charge in [0.05, 0.1) is 18.8 Å². The molecule has 0 bridgehead atoms. The zero-order chi connectivity index (χ0) is 22.1. The zero-order valence-corrected chi connectivity index (χ0v) is 18.8. The number of hydrogen-bond donors (Lipinski definition) is 0. The Morgan fingerprint density at radius 1 is 1.09 bits per heavy atom. The SMILES string of the molecule is CN1CN(Cc2ccccc2)C(=O)C2=C1CCN(C(=O)OCc1cc3ccccc3s1)C2. The fourth-order valence-electron chi connectivity index (χ4n) is 4.38. The number of carbonyl (C=O) groups excluding carboxylic acids is 2. The minimum Gasteiger partial charge on any atom is -0.444 e. The third-order valence-corrected chi connectivity index (χ3v) is 7.08. The summed E-state index contributed by atoms with van der Waals surface area (Å²) in [5.41, 5.74) is 2.82. The van der Waals surface area contributed by atoms with Crippen LogP contribution in [0.1, 0.15) is 16.9 Å². The molecule has 1 aromatic heterocycles. The van der Waals surface area contributed by atoms with Crippen molar-refractivity contribution in [3.05, 3.63) is 82.4 Å². The normalized spacial score (nSPS) is 16.5. The number of benzene rings is 2. The molecule has 2 aliphatic rings. The van der Waals surface area contributed by atoms with Crippen LogP contribution < -0.4 is 0 Å². The average Bonchev–Trinajstić information content (AvgIpc) is 3.24. The Kier molecular flexibility index (Phi) is 5.57. The molecule has 5 rings (SSSR count). The molecule has 32 heavy (non-hydrogen) atoms. The molecule has 164 valence electrons. The Morgan fingerprint density at radius 2 is 1.88 bits per heavy atom. The molecule has 7 heteroatoms. The second-order valence-corrected chi connectivity index (χ2v) is 9.40. The molecule has 2 aromatic carbocycles. The van der Waals surface area contributed by atoms with E-state index in [1.165, 1.54) is 4.70 Å². The van der Waals surface area contributed by atoms with E-state index in [4.69, 9.17) is 4.74 Å². The van der Waals surface area contributed by atoms with E-state index < -0.39 is 0 Å². The summed E-state index contributed by atoms with van der Waals surface area (Å²) in [6.45, 7) is 2.20. The first-order valence-corrected chi connectivity index (χ1v) is 11.6. The van der Waals surface area contributed by atoms with E-state index in [2.05, 4.69) is 23.1 Å². The molecule has 0 atom stereocenters. The number of nitrogens with zero attached hydrogens (tertiary/aromatic N) is 3. The summed E-state index contributed by atoms with van der Waals surface area (Å²) in [4.78, 5) is 32.6. The summed E-state index contributed by atoms with van der Waals surface area (Å²) in [5, 5.41) is 1.16. The smallest absolute Gasteiger partial charge is 0.410 e. The van der Waals surface area contributed by atoms with Crippen molar-refractivity contribution in [3.8, 4) is 0 Å². The number of fused-ring (bicyclic) bond motifs is 1. The van der Waals surface area contributed by atoms with Crippen LogP contribution in [0.15, 0.2) is 71.9 Å². The van der Waals surface area contributed by atoms with Gasteiger partial charge in [-0.15, -0.1) is 11.3 Å². The maximum absolute atomic E-state index is 13.2. The Balaban J connectivity index is 1.25. The highest BCUT2D eigenvalue weighted by Gasteiger charge is 2.35. The van der Waals surface area contributed by atoms with Gasteiger partial charge in [0.15, 0.2) is 0 Å². The molecule has 2 amide bonds. The molecular weight excluding hydrogens is 422 g/mol. The van der Waals surface area contributed by atoms with Crippen molar-refractivity contribution in [2.45, 2.75) is 19.6 Å². The first kappa shape index (κ1) is 20.6. The Hall–Kier alpha value is -3.32. The van der Waals surface area contributed by atoms with Gasteiger partial charge in [-0.3, -0.25) is 4.79 Å². The minimum atomic E-state index is -0.371. The highest BCUT2D eigenvalue weighted by Crippen LogP contribution is 2.29. The molecule has 0 saturated carbocycles. The van der Waals surface area contributed by atoms with E-state index in [0.29, 0.717) is 31.8 Å². The average molecular weight is 448 g/mol. The molecule has 0 N–H and O–H groups in total. The van der Waals surface area contributed by atoms with Gasteiger partial charge in [-0.2, -0.15) is 0 Å². The van der Waals surface area contributed by atoms with Crippen LogP contribution in [0, 0.1) is 0 Å². The summed E-state index contributed by atoms with van der Waals surface area (Å²) in [7, 11) is 2.01. The van der Waals surface area contributed by atoms with Crippen LogP contribution in [-0.4, -0.2) is 53.5 Å². The lowest BCUT2D eigenvalue weighted by Gasteiger charge is -2.41. The van der Waals surface area contributed by atoms with Crippen LogP contribution in [0.4, 0.5) is 4.79 Å². The number of ether oxygens (including phenoxy) is 1. The van der Waals surface area contributed by atoms with Gasteiger partial charge in [0.25, 0.3) is 5.91 Å². The number of amides is 2. The van der Waals surface area contributed by atoms with E-state index in [1.807, 2.05) is 54.4 Å². The van der Waals surface area contributed by atoms with E-state index in [-0.39, 0.29) is 25.2 Å². The third kappa shape index (κ3) is 4.08. The van der Waals surface area contributed by atoms with Gasteiger partial charge in [-0.25, -0.2) is 4.79 Å². The van der Waals surface area contributed by atoms with Crippen molar-refractivity contribution in [1.82, 2.24) is 14.7 Å². The Morgan fingerprint density at radius 3 is 2.69 bits per heavy atom. The second-order valence-electron chi connectivity index (χ2n) is 8.23. The maximum atomic E-state index is 13.2. The third-order valence-electron chi connectivity index (χ3n) is 5.99. The highest BCUT2D eigenvalue weighted by atomic mass is 32.1. The Bertz CT molecular complexity index is 1150. The van der Waals surface area contributed by atoms with Gasteiger partial charge >= 0.3 is 6.09 Å². The van der Waals surface area contributed by atoms with Gasteiger partial charge in [0.1, 0.15) is 6.61 Å². The number of hydrogen-bond acceptors (Lipinski definition) is 5. The van der Waals surface area contributed by atoms with Crippen molar-refractivity contribution < 1.29 is 14.3 Å². The van der Waals surface area contributed by atoms with Crippen LogP contribution in [0.2, 0.25) is 0 Å². The van der Waals surface area contributed by atoms with Gasteiger partial charge in [0, 0.05) is 41.8 Å². The second kappa shape index (κ2) is 8.67. The van der Waals surface area contributed by atoms with Crippen LogP contribution in [0.25, 0.3) is 10.1 Å². The van der Waals surface area contributed by atoms with Crippen molar-refractivity contribution in [1.29, 1.82) is 0 Å². The van der Waals surface area contributed by atoms with Crippen molar-refractivity contribution in [3.63, 3.8) is 0 Å². The van der Waals surface area contributed by atoms with E-state index in [9.17, 15) is 9.59 Å². The van der Waals surface area contributed by atoms with E-state index >= 15 is 0 Å². The fourth-order valence-corrected chi connectivity index (χ4v) is 5.35. The lowest BCUT2D eigenvalue weighted by atomic mass is 10.0. The van der Waals surface area contributed by atoms with Gasteiger partial charge in [0.2, 0.25) is 0 Å². The molecule has 0 spiro atoms. The van der Waals surface area contributed by atoms with Crippen LogP contribution in [-0.2, 0) is 22.7 Å². The monoisotopic (exact) mass is 447 g/mol. The molecule has 6 nitrogen and oxygen atoms in total. The summed E-state index contributed by atoms with van der Waals surface area (Å²) < 4.78 is 6.78. The van der Waals surface area contributed by atoms with Gasteiger partial charge in [-0.1, -0.05) is 48.5 Å². The standard InChI is InChI=1S/C25H25N3O3S/c1-26-17-28(14-18-7-3-2-4-8-18)24(29)21-15-27(12-11-22(21)26)25(30)31-16-20-13-19-9-5-6-10-23(19)32-20/h2-10,13H,11-12,14-17H2,1H3. The molecule has 2 aliphatic heterocycles. The van der Waals surface area contributed by atoms with Gasteiger partial charge < -0.3 is 19.4 Å². The first-order chi connectivity index (χ1) is 15.6. The number of thiophene rings is 1. The minimum absolute atomic E-state index is 0.00367. The molecule has 0 saturated heterocycles. The molecular formula is C25H25N3O3S. The summed E-state index contributed by atoms with van der Waals surface area (Å²) in [5.74, 6) is 0.00367. The highest BCUT2D eigenvalue weighted by molar-refractivity contribution is 7.19. The van der Waals surface area contributed by atoms with Crippen molar-refractivity contribution >= 4 is 33.4 Å². The molecule has 0 unspecified atom stereocenters. The predicted molar refractivity (Wildman–Crippen MR) is 125 cm³/mol. The van der Waals surface area contributed by atoms with Crippen LogP contribution in [0.5, 0.6) is 0 Å². The quantitative estimate of drug-likeness (QED) is 0.594. The zero-order valence-electron chi connectivity index (χ0n) is 18.0. The molecule has 0 radical (unpaired) electrons. The van der Waals surface area contributed by atoms with Crippen molar-refractivity contribution in [2.75, 3.05) is 26.8 Å². The number of carbonyl (C=O) groups is 2. The summed E-state index contributed by atoms with van der Waals surface area (Å²) >= 11 is 1.63. The van der Waals surface area contributed by atoms with Gasteiger partial charge in [-0.05, 0) is 23.1 Å². The fraction of sp³-hybridized carbons (Fsp3) is 0.280. The van der Waals surface area contributed by atoms with E-state index in [0.717, 1.165) is 21.5 Å². The van der Waals surface area contributed by atoms with Crippen LogP contribution >= 0.6 is 11.3 Å². The molecule has 0 fully saturated rings. The van der Waals surface area contributed by atoms with Crippen LogP contribution in [0.3, 0.4) is 0 Å². The van der Waals surface area contributed by atoms with Crippen molar-refractivity contribution in [2.24, 2.45) is 0 Å². The number of rotatable bonds is 4. The lowest BCUT2D eigenvalue weighted by molar-refractivity contribution is -0.131. The molecule has 3 heterocycles. The summed E-state index contributed by atoms with van der Waals surface area (Å²) in [6.07, 6.45) is 0.291. The molecule has 0 aliphatic carbocycles.